The van der Waals surface area contributed by atoms with Crippen molar-refractivity contribution in [3.63, 3.8) is 0 Å². The third-order valence-electron chi connectivity index (χ3n) is 2.73. The van der Waals surface area contributed by atoms with Crippen LogP contribution in [0.1, 0.15) is 25.5 Å². The molecule has 0 aliphatic carbocycles. The third-order valence-corrected chi connectivity index (χ3v) is 2.73. The summed E-state index contributed by atoms with van der Waals surface area (Å²) in [6.07, 6.45) is -1.35. The van der Waals surface area contributed by atoms with Crippen molar-refractivity contribution in [3.8, 4) is 11.3 Å². The minimum Gasteiger partial charge on any atom is -0.328 e. The Labute approximate surface area is 103 Å². The molecule has 0 spiro atoms. The zero-order chi connectivity index (χ0) is 13.3. The van der Waals surface area contributed by atoms with Crippen LogP contribution < -0.4 is 0 Å². The first-order valence-corrected chi connectivity index (χ1v) is 5.59. The molecule has 0 amide bonds. The van der Waals surface area contributed by atoms with Gasteiger partial charge in [0.2, 0.25) is 0 Å². The molecule has 0 unspecified atom stereocenters. The average molecular weight is 254 g/mol. The maximum absolute atomic E-state index is 12.9. The van der Waals surface area contributed by atoms with E-state index in [1.165, 1.54) is 18.3 Å². The maximum Gasteiger partial charge on any atom is 0.417 e. The van der Waals surface area contributed by atoms with Crippen LogP contribution in [0.25, 0.3) is 11.3 Å². The number of imidazole rings is 1. The number of benzene rings is 1. The van der Waals surface area contributed by atoms with Gasteiger partial charge in [0.1, 0.15) is 0 Å². The highest BCUT2D eigenvalue weighted by atomic mass is 19.4. The fourth-order valence-electron chi connectivity index (χ4n) is 1.88. The minimum atomic E-state index is -4.36. The van der Waals surface area contributed by atoms with Gasteiger partial charge in [-0.3, -0.25) is 0 Å². The summed E-state index contributed by atoms with van der Waals surface area (Å²) in [6, 6.07) is 5.61. The molecule has 0 saturated carbocycles. The van der Waals surface area contributed by atoms with E-state index in [4.69, 9.17) is 0 Å². The van der Waals surface area contributed by atoms with E-state index in [1.807, 2.05) is 13.8 Å². The van der Waals surface area contributed by atoms with Crippen molar-refractivity contribution in [1.82, 2.24) is 9.55 Å². The molecule has 96 valence electrons. The fourth-order valence-corrected chi connectivity index (χ4v) is 1.88. The van der Waals surface area contributed by atoms with E-state index in [0.29, 0.717) is 5.69 Å². The van der Waals surface area contributed by atoms with Crippen molar-refractivity contribution in [2.24, 2.45) is 0 Å². The fraction of sp³-hybridized carbons (Fsp3) is 0.308. The van der Waals surface area contributed by atoms with Crippen molar-refractivity contribution in [1.29, 1.82) is 0 Å². The number of alkyl halides is 3. The Morgan fingerprint density at radius 1 is 1.17 bits per heavy atom. The largest absolute Gasteiger partial charge is 0.417 e. The molecule has 0 saturated heterocycles. The van der Waals surface area contributed by atoms with Gasteiger partial charge in [-0.2, -0.15) is 13.2 Å². The van der Waals surface area contributed by atoms with Crippen LogP contribution >= 0.6 is 0 Å². The number of rotatable bonds is 2. The molecule has 2 nitrogen and oxygen atoms in total. The Kier molecular flexibility index (Phi) is 3.15. The van der Waals surface area contributed by atoms with Gasteiger partial charge in [-0.15, -0.1) is 0 Å². The van der Waals surface area contributed by atoms with Gasteiger partial charge in [0.25, 0.3) is 0 Å². The van der Waals surface area contributed by atoms with Crippen LogP contribution in [-0.4, -0.2) is 9.55 Å². The third kappa shape index (κ3) is 2.25. The van der Waals surface area contributed by atoms with Gasteiger partial charge in [0, 0.05) is 11.6 Å². The molecule has 0 radical (unpaired) electrons. The molecule has 0 aliphatic heterocycles. The van der Waals surface area contributed by atoms with E-state index in [9.17, 15) is 13.2 Å². The summed E-state index contributed by atoms with van der Waals surface area (Å²) in [5.74, 6) is 0. The molecular weight excluding hydrogens is 241 g/mol. The minimum absolute atomic E-state index is 0.0591. The highest BCUT2D eigenvalue weighted by Gasteiger charge is 2.34. The van der Waals surface area contributed by atoms with Crippen molar-refractivity contribution >= 4 is 0 Å². The molecule has 0 aliphatic rings. The van der Waals surface area contributed by atoms with Crippen LogP contribution in [0.4, 0.5) is 13.2 Å². The normalized spacial score (nSPS) is 12.1. The van der Waals surface area contributed by atoms with E-state index in [1.54, 1.807) is 17.0 Å². The Morgan fingerprint density at radius 2 is 1.83 bits per heavy atom. The lowest BCUT2D eigenvalue weighted by Gasteiger charge is -2.16. The molecule has 5 heteroatoms. The van der Waals surface area contributed by atoms with Crippen LogP contribution in [-0.2, 0) is 6.18 Å². The SMILES string of the molecule is CC(C)n1cncc1-c1ccccc1C(F)(F)F. The van der Waals surface area contributed by atoms with Crippen molar-refractivity contribution in [2.75, 3.05) is 0 Å². The number of nitrogens with zero attached hydrogens (tertiary/aromatic N) is 2. The Bertz CT molecular complexity index is 541. The van der Waals surface area contributed by atoms with Crippen molar-refractivity contribution < 1.29 is 13.2 Å². The Hall–Kier alpha value is -1.78. The van der Waals surface area contributed by atoms with Crippen LogP contribution in [0.15, 0.2) is 36.8 Å². The van der Waals surface area contributed by atoms with E-state index < -0.39 is 11.7 Å². The van der Waals surface area contributed by atoms with E-state index in [-0.39, 0.29) is 11.6 Å². The molecule has 2 rings (SSSR count). The predicted octanol–water partition coefficient (Wildman–Crippen LogP) is 4.15. The first-order valence-electron chi connectivity index (χ1n) is 5.59. The van der Waals surface area contributed by atoms with Crippen molar-refractivity contribution in [2.45, 2.75) is 26.1 Å². The van der Waals surface area contributed by atoms with Crippen molar-refractivity contribution in [3.05, 3.63) is 42.4 Å². The summed E-state index contributed by atoms with van der Waals surface area (Å²) >= 11 is 0. The van der Waals surface area contributed by atoms with Gasteiger partial charge in [0.15, 0.2) is 0 Å². The van der Waals surface area contributed by atoms with Gasteiger partial charge >= 0.3 is 6.18 Å². The number of hydrogen-bond acceptors (Lipinski definition) is 1. The lowest BCUT2D eigenvalue weighted by molar-refractivity contribution is -0.137. The lowest BCUT2D eigenvalue weighted by Crippen LogP contribution is -2.09. The van der Waals surface area contributed by atoms with Crippen LogP contribution in [0.5, 0.6) is 0 Å². The van der Waals surface area contributed by atoms with E-state index in [2.05, 4.69) is 4.98 Å². The number of halogens is 3. The first-order chi connectivity index (χ1) is 8.41. The second-order valence-corrected chi connectivity index (χ2v) is 4.32. The number of aromatic nitrogens is 2. The van der Waals surface area contributed by atoms with Gasteiger partial charge in [0.05, 0.1) is 23.8 Å². The standard InChI is InChI=1S/C13H13F3N2/c1-9(2)18-8-17-7-12(18)10-5-3-4-6-11(10)13(14,15)16/h3-9H,1-2H3. The zero-order valence-electron chi connectivity index (χ0n) is 10.1. The van der Waals surface area contributed by atoms with Gasteiger partial charge < -0.3 is 4.57 Å². The Balaban J connectivity index is 2.61. The summed E-state index contributed by atoms with van der Waals surface area (Å²) in [5, 5.41) is 0. The lowest BCUT2D eigenvalue weighted by atomic mass is 10.0. The van der Waals surface area contributed by atoms with Crippen LogP contribution in [0, 0.1) is 0 Å². The monoisotopic (exact) mass is 254 g/mol. The summed E-state index contributed by atoms with van der Waals surface area (Å²) in [7, 11) is 0. The quantitative estimate of drug-likeness (QED) is 0.787. The maximum atomic E-state index is 12.9. The Morgan fingerprint density at radius 3 is 2.44 bits per heavy atom. The smallest absolute Gasteiger partial charge is 0.328 e. The summed E-state index contributed by atoms with van der Waals surface area (Å²) in [5.41, 5.74) is 0.0153. The average Bonchev–Trinajstić information content (AvgIpc) is 2.76. The highest BCUT2D eigenvalue weighted by Crippen LogP contribution is 2.37. The summed E-state index contributed by atoms with van der Waals surface area (Å²) < 4.78 is 40.6. The summed E-state index contributed by atoms with van der Waals surface area (Å²) in [4.78, 5) is 3.94. The molecule has 2 aromatic rings. The summed E-state index contributed by atoms with van der Waals surface area (Å²) in [6.45, 7) is 3.81. The molecule has 18 heavy (non-hydrogen) atoms. The zero-order valence-corrected chi connectivity index (χ0v) is 10.1. The van der Waals surface area contributed by atoms with Gasteiger partial charge in [-0.25, -0.2) is 4.98 Å². The second-order valence-electron chi connectivity index (χ2n) is 4.32. The van der Waals surface area contributed by atoms with E-state index >= 15 is 0 Å². The molecule has 1 heterocycles. The van der Waals surface area contributed by atoms with Gasteiger partial charge in [-0.1, -0.05) is 18.2 Å². The van der Waals surface area contributed by atoms with Crippen LogP contribution in [0.2, 0.25) is 0 Å². The van der Waals surface area contributed by atoms with Gasteiger partial charge in [-0.05, 0) is 19.9 Å². The molecular formula is C13H13F3N2. The molecule has 1 aromatic carbocycles. The molecule has 0 bridgehead atoms. The highest BCUT2D eigenvalue weighted by molar-refractivity contribution is 5.64. The molecule has 1 aromatic heterocycles. The molecule has 0 fully saturated rings. The topological polar surface area (TPSA) is 17.8 Å². The first kappa shape index (κ1) is 12.7. The molecule has 0 N–H and O–H groups in total. The predicted molar refractivity (Wildman–Crippen MR) is 63.1 cm³/mol. The second kappa shape index (κ2) is 4.48. The van der Waals surface area contributed by atoms with Crippen LogP contribution in [0.3, 0.4) is 0 Å². The van der Waals surface area contributed by atoms with E-state index in [0.717, 1.165) is 6.07 Å². The molecule has 0 atom stereocenters. The number of hydrogen-bond donors (Lipinski definition) is 0.